The van der Waals surface area contributed by atoms with Crippen LogP contribution in [-0.4, -0.2) is 53.7 Å². The first kappa shape index (κ1) is 13.2. The highest BCUT2D eigenvalue weighted by atomic mass is 16.5. The van der Waals surface area contributed by atoms with Crippen LogP contribution in [0.15, 0.2) is 24.5 Å². The summed E-state index contributed by atoms with van der Waals surface area (Å²) in [6.07, 6.45) is 7.48. The molecule has 2 atom stereocenters. The minimum absolute atomic E-state index is 0.245. The molecule has 112 valence electrons. The Kier molecular flexibility index (Phi) is 3.39. The molecule has 0 aliphatic carbocycles. The molecular formula is C16H21N3O2. The number of ether oxygens (including phenoxy) is 1. The van der Waals surface area contributed by atoms with Gasteiger partial charge in [0.2, 0.25) is 5.91 Å². The summed E-state index contributed by atoms with van der Waals surface area (Å²) >= 11 is 0. The van der Waals surface area contributed by atoms with Crippen molar-refractivity contribution in [3.05, 3.63) is 24.5 Å². The molecule has 0 unspecified atom stereocenters. The molecule has 1 aromatic heterocycles. The van der Waals surface area contributed by atoms with E-state index in [9.17, 15) is 4.79 Å². The molecular weight excluding hydrogens is 266 g/mol. The SMILES string of the molecule is O=C1C[C@@H]2[C@H](CCN2C2CCOCC2)N1c1cccnc1. The Balaban J connectivity index is 1.55. The van der Waals surface area contributed by atoms with Crippen molar-refractivity contribution in [1.82, 2.24) is 9.88 Å². The summed E-state index contributed by atoms with van der Waals surface area (Å²) in [5, 5.41) is 0. The number of nitrogens with zero attached hydrogens (tertiary/aromatic N) is 3. The molecule has 0 bridgehead atoms. The van der Waals surface area contributed by atoms with Crippen molar-refractivity contribution in [2.75, 3.05) is 24.7 Å². The van der Waals surface area contributed by atoms with Gasteiger partial charge in [0.1, 0.15) is 0 Å². The van der Waals surface area contributed by atoms with Crippen LogP contribution in [0.3, 0.4) is 0 Å². The molecule has 1 aromatic rings. The van der Waals surface area contributed by atoms with Crippen molar-refractivity contribution < 1.29 is 9.53 Å². The van der Waals surface area contributed by atoms with E-state index in [1.165, 1.54) is 0 Å². The van der Waals surface area contributed by atoms with E-state index in [2.05, 4.69) is 9.88 Å². The van der Waals surface area contributed by atoms with Crippen LogP contribution in [0.5, 0.6) is 0 Å². The number of rotatable bonds is 2. The molecule has 0 N–H and O–H groups in total. The summed E-state index contributed by atoms with van der Waals surface area (Å²) in [6, 6.07) is 5.19. The van der Waals surface area contributed by atoms with E-state index in [-0.39, 0.29) is 5.91 Å². The molecule has 3 aliphatic rings. The van der Waals surface area contributed by atoms with Crippen LogP contribution in [-0.2, 0) is 9.53 Å². The highest BCUT2D eigenvalue weighted by molar-refractivity contribution is 5.97. The van der Waals surface area contributed by atoms with Crippen LogP contribution in [0.25, 0.3) is 0 Å². The lowest BCUT2D eigenvalue weighted by molar-refractivity contribution is -0.117. The Hall–Kier alpha value is -1.46. The molecule has 21 heavy (non-hydrogen) atoms. The maximum absolute atomic E-state index is 12.5. The molecule has 4 rings (SSSR count). The van der Waals surface area contributed by atoms with Crippen LogP contribution in [0.1, 0.15) is 25.7 Å². The average Bonchev–Trinajstić information content (AvgIpc) is 3.06. The lowest BCUT2D eigenvalue weighted by Gasteiger charge is -2.34. The van der Waals surface area contributed by atoms with Crippen LogP contribution in [0, 0.1) is 0 Å². The molecule has 0 saturated carbocycles. The third kappa shape index (κ3) is 2.24. The predicted octanol–water partition coefficient (Wildman–Crippen LogP) is 1.44. The normalized spacial score (nSPS) is 30.9. The summed E-state index contributed by atoms with van der Waals surface area (Å²) < 4.78 is 5.47. The number of hydrogen-bond acceptors (Lipinski definition) is 4. The number of carbonyl (C=O) groups excluding carboxylic acids is 1. The van der Waals surface area contributed by atoms with Crippen molar-refractivity contribution >= 4 is 11.6 Å². The van der Waals surface area contributed by atoms with Crippen molar-refractivity contribution in [2.24, 2.45) is 0 Å². The minimum Gasteiger partial charge on any atom is -0.381 e. The maximum Gasteiger partial charge on any atom is 0.229 e. The molecule has 1 amide bonds. The first-order chi connectivity index (χ1) is 10.3. The van der Waals surface area contributed by atoms with Gasteiger partial charge < -0.3 is 9.64 Å². The zero-order valence-electron chi connectivity index (χ0n) is 12.1. The first-order valence-corrected chi connectivity index (χ1v) is 7.90. The van der Waals surface area contributed by atoms with Crippen molar-refractivity contribution in [3.63, 3.8) is 0 Å². The molecule has 5 nitrogen and oxygen atoms in total. The second-order valence-corrected chi connectivity index (χ2v) is 6.18. The Morgan fingerprint density at radius 2 is 2.05 bits per heavy atom. The standard InChI is InChI=1S/C16H21N3O2/c20-16-10-15-14(19(16)13-2-1-6-17-11-13)3-7-18(15)12-4-8-21-9-5-12/h1-2,6,11-12,14-15H,3-5,7-10H2/t14-,15+/m0/s1. The lowest BCUT2D eigenvalue weighted by Crippen LogP contribution is -2.44. The highest BCUT2D eigenvalue weighted by Crippen LogP contribution is 2.37. The predicted molar refractivity (Wildman–Crippen MR) is 79.1 cm³/mol. The molecule has 3 aliphatic heterocycles. The lowest BCUT2D eigenvalue weighted by atomic mass is 10.0. The number of carbonyl (C=O) groups is 1. The van der Waals surface area contributed by atoms with Gasteiger partial charge in [-0.15, -0.1) is 0 Å². The zero-order chi connectivity index (χ0) is 14.2. The average molecular weight is 287 g/mol. The van der Waals surface area contributed by atoms with E-state index in [1.807, 2.05) is 17.0 Å². The fourth-order valence-corrected chi connectivity index (χ4v) is 4.18. The molecule has 5 heteroatoms. The summed E-state index contributed by atoms with van der Waals surface area (Å²) in [6.45, 7) is 2.82. The molecule has 3 fully saturated rings. The quantitative estimate of drug-likeness (QED) is 0.826. The maximum atomic E-state index is 12.5. The van der Waals surface area contributed by atoms with Crippen molar-refractivity contribution in [3.8, 4) is 0 Å². The van der Waals surface area contributed by atoms with E-state index in [1.54, 1.807) is 12.4 Å². The molecule has 0 radical (unpaired) electrons. The van der Waals surface area contributed by atoms with Crippen LogP contribution in [0.2, 0.25) is 0 Å². The number of pyridine rings is 1. The van der Waals surface area contributed by atoms with Gasteiger partial charge in [-0.25, -0.2) is 0 Å². The Labute approximate surface area is 124 Å². The molecule has 0 aromatic carbocycles. The Morgan fingerprint density at radius 1 is 1.19 bits per heavy atom. The number of aromatic nitrogens is 1. The fourth-order valence-electron chi connectivity index (χ4n) is 4.18. The number of amides is 1. The van der Waals surface area contributed by atoms with Crippen LogP contribution >= 0.6 is 0 Å². The van der Waals surface area contributed by atoms with Crippen molar-refractivity contribution in [1.29, 1.82) is 0 Å². The second-order valence-electron chi connectivity index (χ2n) is 6.18. The van der Waals surface area contributed by atoms with Gasteiger partial charge in [-0.05, 0) is 31.4 Å². The van der Waals surface area contributed by atoms with E-state index < -0.39 is 0 Å². The third-order valence-corrected chi connectivity index (χ3v) is 5.12. The highest BCUT2D eigenvalue weighted by Gasteiger charge is 2.49. The molecule has 3 saturated heterocycles. The van der Waals surface area contributed by atoms with E-state index in [0.29, 0.717) is 24.5 Å². The van der Waals surface area contributed by atoms with Gasteiger partial charge >= 0.3 is 0 Å². The van der Waals surface area contributed by atoms with Gasteiger partial charge in [-0.2, -0.15) is 0 Å². The van der Waals surface area contributed by atoms with Gasteiger partial charge in [0, 0.05) is 44.5 Å². The van der Waals surface area contributed by atoms with Crippen molar-refractivity contribution in [2.45, 2.75) is 43.8 Å². The van der Waals surface area contributed by atoms with Gasteiger partial charge in [0.15, 0.2) is 0 Å². The monoisotopic (exact) mass is 287 g/mol. The third-order valence-electron chi connectivity index (χ3n) is 5.12. The first-order valence-electron chi connectivity index (χ1n) is 7.90. The van der Waals surface area contributed by atoms with Crippen LogP contribution in [0.4, 0.5) is 5.69 Å². The number of anilines is 1. The largest absolute Gasteiger partial charge is 0.381 e. The topological polar surface area (TPSA) is 45.7 Å². The van der Waals surface area contributed by atoms with Gasteiger partial charge in [0.05, 0.1) is 17.9 Å². The van der Waals surface area contributed by atoms with E-state index >= 15 is 0 Å². The zero-order valence-corrected chi connectivity index (χ0v) is 12.1. The Morgan fingerprint density at radius 3 is 2.81 bits per heavy atom. The summed E-state index contributed by atoms with van der Waals surface area (Å²) in [5.74, 6) is 0.245. The van der Waals surface area contributed by atoms with Crippen LogP contribution < -0.4 is 4.90 Å². The second kappa shape index (κ2) is 5.39. The number of likely N-dealkylation sites (tertiary alicyclic amines) is 1. The minimum atomic E-state index is 0.245. The molecule has 0 spiro atoms. The van der Waals surface area contributed by atoms with E-state index in [0.717, 1.165) is 44.7 Å². The van der Waals surface area contributed by atoms with Gasteiger partial charge in [-0.1, -0.05) is 0 Å². The Bertz CT molecular complexity index is 516. The fraction of sp³-hybridized carbons (Fsp3) is 0.625. The summed E-state index contributed by atoms with van der Waals surface area (Å²) in [4.78, 5) is 21.2. The van der Waals surface area contributed by atoms with Gasteiger partial charge in [-0.3, -0.25) is 14.7 Å². The van der Waals surface area contributed by atoms with Gasteiger partial charge in [0.25, 0.3) is 0 Å². The molecule has 4 heterocycles. The summed E-state index contributed by atoms with van der Waals surface area (Å²) in [7, 11) is 0. The van der Waals surface area contributed by atoms with E-state index in [4.69, 9.17) is 4.74 Å². The smallest absolute Gasteiger partial charge is 0.229 e. The number of hydrogen-bond donors (Lipinski definition) is 0. The number of fused-ring (bicyclic) bond motifs is 1. The summed E-state index contributed by atoms with van der Waals surface area (Å²) in [5.41, 5.74) is 0.948.